The lowest BCUT2D eigenvalue weighted by Gasteiger charge is -2.34. The predicted molar refractivity (Wildman–Crippen MR) is 160 cm³/mol. The monoisotopic (exact) mass is 546 g/mol. The van der Waals surface area contributed by atoms with Gasteiger partial charge in [-0.15, -0.1) is 0 Å². The highest BCUT2D eigenvalue weighted by Crippen LogP contribution is 2.30. The van der Waals surface area contributed by atoms with Crippen LogP contribution in [0.2, 0.25) is 0 Å². The van der Waals surface area contributed by atoms with Crippen LogP contribution in [0.15, 0.2) is 41.2 Å². The van der Waals surface area contributed by atoms with E-state index in [1.165, 1.54) is 6.07 Å². The zero-order chi connectivity index (χ0) is 28.2. The third kappa shape index (κ3) is 6.10. The number of piperazine rings is 1. The molecule has 3 heterocycles. The number of nitrogens with zero attached hydrogens (tertiary/aromatic N) is 5. The molecule has 1 aromatic heterocycles. The molecular formula is C31H39FN6O2. The number of hydrogen-bond acceptors (Lipinski definition) is 6. The summed E-state index contributed by atoms with van der Waals surface area (Å²) in [5.41, 5.74) is 3.55. The van der Waals surface area contributed by atoms with E-state index >= 15 is 4.39 Å². The first-order valence-electron chi connectivity index (χ1n) is 14.4. The SMILES string of the molecule is CCN(CC)CCC(=O)Nc1ccc(/C=C2\CCCn3c2nc2cc(N4CCN(C)CC4)c(F)cc2c3=O)cc1. The zero-order valence-corrected chi connectivity index (χ0v) is 23.8. The Morgan fingerprint density at radius 2 is 1.80 bits per heavy atom. The Labute approximate surface area is 235 Å². The van der Waals surface area contributed by atoms with Gasteiger partial charge in [0, 0.05) is 51.4 Å². The molecule has 1 amide bonds. The van der Waals surface area contributed by atoms with E-state index in [9.17, 15) is 9.59 Å². The van der Waals surface area contributed by atoms with E-state index in [1.807, 2.05) is 29.2 Å². The van der Waals surface area contributed by atoms with Gasteiger partial charge < -0.3 is 20.0 Å². The highest BCUT2D eigenvalue weighted by Gasteiger charge is 2.23. The van der Waals surface area contributed by atoms with Crippen molar-refractivity contribution in [2.24, 2.45) is 0 Å². The van der Waals surface area contributed by atoms with Gasteiger partial charge in [-0.05, 0) is 74.5 Å². The number of hydrogen-bond donors (Lipinski definition) is 1. The molecule has 2 aromatic carbocycles. The number of carbonyl (C=O) groups is 1. The number of fused-ring (bicyclic) bond motifs is 2. The number of nitrogens with one attached hydrogen (secondary N) is 1. The minimum Gasteiger partial charge on any atom is -0.367 e. The Bertz CT molecular complexity index is 1450. The van der Waals surface area contributed by atoms with Crippen LogP contribution < -0.4 is 15.8 Å². The molecule has 0 unspecified atom stereocenters. The lowest BCUT2D eigenvalue weighted by Crippen LogP contribution is -2.44. The van der Waals surface area contributed by atoms with Gasteiger partial charge in [0.1, 0.15) is 11.6 Å². The number of likely N-dealkylation sites (N-methyl/N-ethyl adjacent to an activating group) is 1. The maximum Gasteiger partial charge on any atom is 0.261 e. The maximum atomic E-state index is 15.1. The van der Waals surface area contributed by atoms with Gasteiger partial charge in [-0.25, -0.2) is 9.37 Å². The van der Waals surface area contributed by atoms with Gasteiger partial charge in [-0.3, -0.25) is 14.2 Å². The van der Waals surface area contributed by atoms with Crippen LogP contribution in [-0.4, -0.2) is 78.1 Å². The average Bonchev–Trinajstić information content (AvgIpc) is 2.96. The Morgan fingerprint density at radius 1 is 1.07 bits per heavy atom. The zero-order valence-electron chi connectivity index (χ0n) is 23.8. The molecule has 40 heavy (non-hydrogen) atoms. The van der Waals surface area contributed by atoms with E-state index in [2.05, 4.69) is 42.1 Å². The van der Waals surface area contributed by atoms with E-state index in [4.69, 9.17) is 4.98 Å². The van der Waals surface area contributed by atoms with Crippen molar-refractivity contribution in [3.8, 4) is 0 Å². The van der Waals surface area contributed by atoms with E-state index < -0.39 is 0 Å². The van der Waals surface area contributed by atoms with Crippen LogP contribution in [0.5, 0.6) is 0 Å². The Morgan fingerprint density at radius 3 is 2.50 bits per heavy atom. The summed E-state index contributed by atoms with van der Waals surface area (Å²) in [5, 5.41) is 3.30. The molecule has 212 valence electrons. The van der Waals surface area contributed by atoms with Crippen molar-refractivity contribution in [2.75, 3.05) is 63.1 Å². The molecule has 0 aliphatic carbocycles. The number of benzene rings is 2. The molecule has 5 rings (SSSR count). The lowest BCUT2D eigenvalue weighted by molar-refractivity contribution is -0.116. The summed E-state index contributed by atoms with van der Waals surface area (Å²) in [5.74, 6) is 0.277. The van der Waals surface area contributed by atoms with Gasteiger partial charge in [0.2, 0.25) is 5.91 Å². The van der Waals surface area contributed by atoms with Crippen molar-refractivity contribution in [1.82, 2.24) is 19.4 Å². The molecule has 0 radical (unpaired) electrons. The summed E-state index contributed by atoms with van der Waals surface area (Å²) in [6.07, 6.45) is 4.13. The van der Waals surface area contributed by atoms with Gasteiger partial charge in [0.25, 0.3) is 5.56 Å². The normalized spacial score (nSPS) is 17.0. The third-order valence-corrected chi connectivity index (χ3v) is 8.07. The molecule has 1 saturated heterocycles. The Balaban J connectivity index is 1.38. The quantitative estimate of drug-likeness (QED) is 0.455. The number of aromatic nitrogens is 2. The summed E-state index contributed by atoms with van der Waals surface area (Å²) in [7, 11) is 2.06. The number of rotatable bonds is 8. The van der Waals surface area contributed by atoms with Crippen LogP contribution in [0.1, 0.15) is 44.5 Å². The maximum absolute atomic E-state index is 15.1. The van der Waals surface area contributed by atoms with Crippen molar-refractivity contribution >= 4 is 39.8 Å². The number of anilines is 2. The van der Waals surface area contributed by atoms with Crippen molar-refractivity contribution in [3.05, 3.63) is 64.0 Å². The summed E-state index contributed by atoms with van der Waals surface area (Å²) in [4.78, 5) is 37.2. The van der Waals surface area contributed by atoms with Gasteiger partial charge in [-0.1, -0.05) is 26.0 Å². The molecule has 0 spiro atoms. The van der Waals surface area contributed by atoms with Crippen LogP contribution in [-0.2, 0) is 11.3 Å². The van der Waals surface area contributed by atoms with Crippen molar-refractivity contribution in [2.45, 2.75) is 39.7 Å². The highest BCUT2D eigenvalue weighted by molar-refractivity contribution is 5.91. The van der Waals surface area contributed by atoms with E-state index in [1.54, 1.807) is 10.6 Å². The number of amides is 1. The van der Waals surface area contributed by atoms with Gasteiger partial charge >= 0.3 is 0 Å². The lowest BCUT2D eigenvalue weighted by atomic mass is 10.0. The van der Waals surface area contributed by atoms with Crippen LogP contribution in [0.25, 0.3) is 22.6 Å². The number of halogens is 1. The van der Waals surface area contributed by atoms with E-state index in [-0.39, 0.29) is 17.3 Å². The first-order chi connectivity index (χ1) is 19.4. The Kier molecular flexibility index (Phi) is 8.61. The molecule has 1 fully saturated rings. The molecule has 0 atom stereocenters. The molecule has 2 aliphatic heterocycles. The van der Waals surface area contributed by atoms with Gasteiger partial charge in [-0.2, -0.15) is 0 Å². The average molecular weight is 547 g/mol. The summed E-state index contributed by atoms with van der Waals surface area (Å²) in [6.45, 7) is 10.6. The fourth-order valence-electron chi connectivity index (χ4n) is 5.54. The second-order valence-corrected chi connectivity index (χ2v) is 10.7. The van der Waals surface area contributed by atoms with Crippen LogP contribution in [0.3, 0.4) is 0 Å². The topological polar surface area (TPSA) is 73.7 Å². The summed E-state index contributed by atoms with van der Waals surface area (Å²) < 4.78 is 16.8. The molecule has 3 aromatic rings. The van der Waals surface area contributed by atoms with E-state index in [0.29, 0.717) is 35.4 Å². The number of carbonyl (C=O) groups excluding carboxylic acids is 1. The first-order valence-corrected chi connectivity index (χ1v) is 14.4. The second-order valence-electron chi connectivity index (χ2n) is 10.7. The molecule has 8 nitrogen and oxygen atoms in total. The Hall–Kier alpha value is -3.56. The van der Waals surface area contributed by atoms with Gasteiger partial charge in [0.15, 0.2) is 0 Å². The van der Waals surface area contributed by atoms with Crippen molar-refractivity contribution < 1.29 is 9.18 Å². The molecule has 1 N–H and O–H groups in total. The number of allylic oxidation sites excluding steroid dienone is 1. The molecule has 9 heteroatoms. The summed E-state index contributed by atoms with van der Waals surface area (Å²) >= 11 is 0. The fraction of sp³-hybridized carbons (Fsp3) is 0.452. The highest BCUT2D eigenvalue weighted by atomic mass is 19.1. The molecule has 0 saturated carbocycles. The van der Waals surface area contributed by atoms with Crippen LogP contribution >= 0.6 is 0 Å². The van der Waals surface area contributed by atoms with Crippen molar-refractivity contribution in [3.63, 3.8) is 0 Å². The fourth-order valence-corrected chi connectivity index (χ4v) is 5.54. The second kappa shape index (κ2) is 12.3. The molecule has 0 bridgehead atoms. The largest absolute Gasteiger partial charge is 0.367 e. The minimum absolute atomic E-state index is 0.00189. The van der Waals surface area contributed by atoms with Crippen LogP contribution in [0.4, 0.5) is 15.8 Å². The van der Waals surface area contributed by atoms with Gasteiger partial charge in [0.05, 0.1) is 16.6 Å². The van der Waals surface area contributed by atoms with E-state index in [0.717, 1.165) is 75.5 Å². The third-order valence-electron chi connectivity index (χ3n) is 8.07. The summed E-state index contributed by atoms with van der Waals surface area (Å²) in [6, 6.07) is 10.8. The standard InChI is InChI=1S/C31H39FN6O2/c1-4-36(5-2)14-12-29(39)33-24-10-8-22(9-11-24)19-23-7-6-13-38-30(23)34-27-21-28(26(32)20-25(27)31(38)40)37-17-15-35(3)16-18-37/h8-11,19-21H,4-7,12-18H2,1-3H3,(H,33,39)/b23-19+. The minimum atomic E-state index is -0.372. The van der Waals surface area contributed by atoms with Crippen molar-refractivity contribution in [1.29, 1.82) is 0 Å². The predicted octanol–water partition coefficient (Wildman–Crippen LogP) is 4.29. The molecular weight excluding hydrogens is 507 g/mol. The first kappa shape index (κ1) is 28.0. The smallest absolute Gasteiger partial charge is 0.261 e. The molecule has 2 aliphatic rings. The van der Waals surface area contributed by atoms with Crippen LogP contribution in [0, 0.1) is 5.82 Å².